The summed E-state index contributed by atoms with van der Waals surface area (Å²) in [6.07, 6.45) is 3.76. The molecule has 2 aromatic carbocycles. The summed E-state index contributed by atoms with van der Waals surface area (Å²) in [5.74, 6) is -0.312. The summed E-state index contributed by atoms with van der Waals surface area (Å²) in [6, 6.07) is 15.4. The molecule has 10 nitrogen and oxygen atoms in total. The molecular formula is C30H33N7O3. The molecule has 0 saturated carbocycles. The maximum absolute atomic E-state index is 13.3. The van der Waals surface area contributed by atoms with Crippen LogP contribution < -0.4 is 16.0 Å². The normalized spacial score (nSPS) is 16.5. The minimum Gasteiger partial charge on any atom is -0.380 e. The van der Waals surface area contributed by atoms with Crippen LogP contribution >= 0.6 is 0 Å². The fourth-order valence-electron chi connectivity index (χ4n) is 5.43. The van der Waals surface area contributed by atoms with Crippen LogP contribution in [0.25, 0.3) is 33.0 Å². The van der Waals surface area contributed by atoms with Gasteiger partial charge in [-0.2, -0.15) is 0 Å². The first-order valence-corrected chi connectivity index (χ1v) is 13.8. The lowest BCUT2D eigenvalue weighted by Crippen LogP contribution is -2.48. The molecule has 2 aliphatic heterocycles. The Kier molecular flexibility index (Phi) is 7.54. The fourth-order valence-corrected chi connectivity index (χ4v) is 5.43. The van der Waals surface area contributed by atoms with Crippen LogP contribution in [-0.2, 0) is 14.3 Å². The van der Waals surface area contributed by atoms with Gasteiger partial charge in [0.05, 0.1) is 29.0 Å². The smallest absolute Gasteiger partial charge is 0.261 e. The Bertz CT molecular complexity index is 1590. The zero-order valence-electron chi connectivity index (χ0n) is 22.4. The molecule has 2 aliphatic rings. The highest BCUT2D eigenvalue weighted by molar-refractivity contribution is 6.50. The van der Waals surface area contributed by atoms with Gasteiger partial charge < -0.3 is 20.4 Å². The summed E-state index contributed by atoms with van der Waals surface area (Å²) in [4.78, 5) is 44.0. The molecule has 6 rings (SSSR count). The molecule has 4 heterocycles. The van der Waals surface area contributed by atoms with Crippen molar-refractivity contribution in [3.05, 3.63) is 66.0 Å². The summed E-state index contributed by atoms with van der Waals surface area (Å²) in [5.41, 5.74) is 8.92. The van der Waals surface area contributed by atoms with Gasteiger partial charge in [-0.05, 0) is 31.5 Å². The number of nitrogens with zero attached hydrogens (tertiary/aromatic N) is 4. The molecule has 1 fully saturated rings. The Labute approximate surface area is 232 Å². The Morgan fingerprint density at radius 2 is 1.60 bits per heavy atom. The van der Waals surface area contributed by atoms with E-state index in [1.165, 1.54) is 0 Å². The lowest BCUT2D eigenvalue weighted by molar-refractivity contribution is -0.122. The number of amides is 2. The van der Waals surface area contributed by atoms with Crippen molar-refractivity contribution in [3.63, 3.8) is 0 Å². The molecule has 2 amide bonds. The first kappa shape index (κ1) is 26.1. The van der Waals surface area contributed by atoms with Crippen molar-refractivity contribution in [1.82, 2.24) is 25.2 Å². The highest BCUT2D eigenvalue weighted by atomic mass is 16.5. The van der Waals surface area contributed by atoms with Crippen LogP contribution in [0.15, 0.2) is 54.7 Å². The van der Waals surface area contributed by atoms with Crippen molar-refractivity contribution in [2.45, 2.75) is 12.8 Å². The number of hydrogen-bond acceptors (Lipinski definition) is 8. The number of aromatic amines is 1. The third-order valence-corrected chi connectivity index (χ3v) is 7.57. The first-order valence-electron chi connectivity index (χ1n) is 13.8. The van der Waals surface area contributed by atoms with E-state index in [4.69, 9.17) is 20.4 Å². The van der Waals surface area contributed by atoms with Crippen LogP contribution in [0.4, 0.5) is 5.95 Å². The molecule has 0 spiro atoms. The molecule has 0 unspecified atom stereocenters. The second kappa shape index (κ2) is 11.5. The predicted molar refractivity (Wildman–Crippen MR) is 156 cm³/mol. The van der Waals surface area contributed by atoms with Gasteiger partial charge in [-0.1, -0.05) is 36.4 Å². The lowest BCUT2D eigenvalue weighted by atomic mass is 9.97. The van der Waals surface area contributed by atoms with E-state index in [9.17, 15) is 9.59 Å². The number of imide groups is 1. The van der Waals surface area contributed by atoms with Crippen LogP contribution in [0.2, 0.25) is 0 Å². The molecule has 0 radical (unpaired) electrons. The van der Waals surface area contributed by atoms with Crippen molar-refractivity contribution < 1.29 is 14.3 Å². The topological polar surface area (TPSA) is 129 Å². The van der Waals surface area contributed by atoms with E-state index in [1.54, 1.807) is 6.20 Å². The van der Waals surface area contributed by atoms with E-state index >= 15 is 0 Å². The van der Waals surface area contributed by atoms with Crippen molar-refractivity contribution in [2.75, 3.05) is 57.4 Å². The number of unbranched alkanes of at least 4 members (excludes halogenated alkanes) is 1. The van der Waals surface area contributed by atoms with Crippen LogP contribution in [0, 0.1) is 0 Å². The van der Waals surface area contributed by atoms with E-state index in [2.05, 4.69) is 20.1 Å². The molecular weight excluding hydrogens is 506 g/mol. The predicted octanol–water partition coefficient (Wildman–Crippen LogP) is 2.56. The lowest BCUT2D eigenvalue weighted by Gasteiger charge is -2.34. The molecule has 2 aromatic heterocycles. The third-order valence-electron chi connectivity index (χ3n) is 7.57. The number of piperazine rings is 1. The number of H-pyrrole nitrogens is 1. The molecule has 0 aliphatic carbocycles. The minimum absolute atomic E-state index is 0.278. The highest BCUT2D eigenvalue weighted by Crippen LogP contribution is 2.37. The maximum Gasteiger partial charge on any atom is 0.261 e. The number of nitrogens with two attached hydrogens (primary N) is 1. The number of carbonyl (C=O) groups is 2. The molecule has 4 N–H and O–H groups in total. The number of aromatic nitrogens is 3. The van der Waals surface area contributed by atoms with Crippen LogP contribution in [0.1, 0.15) is 24.1 Å². The molecule has 1 saturated heterocycles. The quantitative estimate of drug-likeness (QED) is 0.207. The van der Waals surface area contributed by atoms with Gasteiger partial charge in [0.15, 0.2) is 0 Å². The number of carbonyl (C=O) groups excluding carboxylic acids is 2. The summed E-state index contributed by atoms with van der Waals surface area (Å²) in [6.45, 7) is 6.26. The van der Waals surface area contributed by atoms with E-state index in [0.717, 1.165) is 74.0 Å². The van der Waals surface area contributed by atoms with Gasteiger partial charge in [0.25, 0.3) is 11.8 Å². The minimum atomic E-state index is -0.448. The van der Waals surface area contributed by atoms with Crippen molar-refractivity contribution in [3.8, 4) is 0 Å². The highest BCUT2D eigenvalue weighted by Gasteiger charge is 2.36. The number of rotatable bonds is 10. The van der Waals surface area contributed by atoms with E-state index in [0.29, 0.717) is 35.9 Å². The number of nitrogens with one attached hydrogen (secondary N) is 2. The van der Waals surface area contributed by atoms with Crippen molar-refractivity contribution in [2.24, 2.45) is 5.73 Å². The standard InChI is InChI=1S/C30H33N7O3/c31-11-5-6-17-40-18-16-36-12-14-37(15-13-36)30-33-24-10-4-2-8-21(24)27(34-30)26-25(28(38)35-29(26)39)22-19-32-23-9-3-1-7-20(22)23/h1-4,7-10,19,32H,5-6,11-18,31H2,(H,35,38,39). The number of fused-ring (bicyclic) bond motifs is 2. The van der Waals surface area contributed by atoms with Crippen LogP contribution in [0.5, 0.6) is 0 Å². The fraction of sp³-hybridized carbons (Fsp3) is 0.333. The van der Waals surface area contributed by atoms with Gasteiger partial charge in [-0.3, -0.25) is 19.8 Å². The first-order chi connectivity index (χ1) is 19.6. The number of benzene rings is 2. The maximum atomic E-state index is 13.3. The van der Waals surface area contributed by atoms with Crippen LogP contribution in [-0.4, -0.2) is 84.1 Å². The number of para-hydroxylation sites is 2. The molecule has 0 atom stereocenters. The molecule has 40 heavy (non-hydrogen) atoms. The average molecular weight is 540 g/mol. The van der Waals surface area contributed by atoms with E-state index in [1.807, 2.05) is 48.5 Å². The summed E-state index contributed by atoms with van der Waals surface area (Å²) in [7, 11) is 0. The molecule has 4 aromatic rings. The van der Waals surface area contributed by atoms with Gasteiger partial charge in [0.1, 0.15) is 0 Å². The second-order valence-electron chi connectivity index (χ2n) is 10.1. The zero-order valence-corrected chi connectivity index (χ0v) is 22.4. The largest absolute Gasteiger partial charge is 0.380 e. The molecule has 0 bridgehead atoms. The van der Waals surface area contributed by atoms with Gasteiger partial charge in [0.2, 0.25) is 5.95 Å². The SMILES string of the molecule is NCCCCOCCN1CCN(c2nc(C3=C(c4c[nH]c5ccccc45)C(=O)NC3=O)c3ccccc3n2)CC1. The third kappa shape index (κ3) is 5.08. The summed E-state index contributed by atoms with van der Waals surface area (Å²) < 4.78 is 5.75. The Balaban J connectivity index is 1.30. The summed E-state index contributed by atoms with van der Waals surface area (Å²) >= 11 is 0. The van der Waals surface area contributed by atoms with Gasteiger partial charge >= 0.3 is 0 Å². The number of ether oxygens (including phenoxy) is 1. The molecule has 206 valence electrons. The van der Waals surface area contributed by atoms with Crippen molar-refractivity contribution in [1.29, 1.82) is 0 Å². The molecule has 10 heteroatoms. The number of hydrogen-bond donors (Lipinski definition) is 3. The Morgan fingerprint density at radius 3 is 2.42 bits per heavy atom. The Morgan fingerprint density at radius 1 is 0.850 bits per heavy atom. The van der Waals surface area contributed by atoms with E-state index < -0.39 is 11.8 Å². The summed E-state index contributed by atoms with van der Waals surface area (Å²) in [5, 5.41) is 4.11. The van der Waals surface area contributed by atoms with Gasteiger partial charge in [-0.25, -0.2) is 9.97 Å². The van der Waals surface area contributed by atoms with Crippen molar-refractivity contribution >= 4 is 50.7 Å². The number of anilines is 1. The van der Waals surface area contributed by atoms with Gasteiger partial charge in [-0.15, -0.1) is 0 Å². The second-order valence-corrected chi connectivity index (χ2v) is 10.1. The average Bonchev–Trinajstić information content (AvgIpc) is 3.53. The zero-order chi connectivity index (χ0) is 27.5. The monoisotopic (exact) mass is 539 g/mol. The Hall–Kier alpha value is -4.12. The van der Waals surface area contributed by atoms with Gasteiger partial charge in [0, 0.05) is 67.4 Å². The van der Waals surface area contributed by atoms with Crippen LogP contribution in [0.3, 0.4) is 0 Å². The van der Waals surface area contributed by atoms with E-state index in [-0.39, 0.29) is 5.57 Å².